The molecule has 0 aliphatic carbocycles. The Morgan fingerprint density at radius 3 is 3.11 bits per heavy atom. The smallest absolute Gasteiger partial charge is 0.258 e. The van der Waals surface area contributed by atoms with E-state index in [1.807, 2.05) is 18.2 Å². The molecule has 0 amide bonds. The molecule has 0 spiro atoms. The summed E-state index contributed by atoms with van der Waals surface area (Å²) in [6.45, 7) is 2.22. The Morgan fingerprint density at radius 2 is 2.28 bits per heavy atom. The van der Waals surface area contributed by atoms with Crippen LogP contribution >= 0.6 is 0 Å². The molecule has 1 aromatic carbocycles. The molecule has 2 heterocycles. The Labute approximate surface area is 104 Å². The first-order chi connectivity index (χ1) is 8.83. The summed E-state index contributed by atoms with van der Waals surface area (Å²) >= 11 is 0. The normalized spacial score (nSPS) is 19.4. The number of fused-ring (bicyclic) bond motifs is 1. The molecule has 5 nitrogen and oxygen atoms in total. The number of ether oxygens (including phenoxy) is 1. The summed E-state index contributed by atoms with van der Waals surface area (Å²) in [6.07, 6.45) is 1.24. The number of rotatable bonds is 3. The van der Waals surface area contributed by atoms with Gasteiger partial charge in [-0.2, -0.15) is 0 Å². The van der Waals surface area contributed by atoms with Crippen molar-refractivity contribution in [3.63, 3.8) is 0 Å². The molecule has 1 aromatic heterocycles. The van der Waals surface area contributed by atoms with E-state index in [0.29, 0.717) is 23.3 Å². The highest BCUT2D eigenvalue weighted by atomic mass is 16.5. The fourth-order valence-electron chi connectivity index (χ4n) is 2.17. The molecule has 0 unspecified atom stereocenters. The highest BCUT2D eigenvalue weighted by molar-refractivity contribution is 5.77. The highest BCUT2D eigenvalue weighted by Gasteiger charge is 2.15. The molecule has 94 valence electrons. The first-order valence-electron chi connectivity index (χ1n) is 6.13. The van der Waals surface area contributed by atoms with E-state index in [4.69, 9.17) is 4.74 Å². The molecule has 1 aliphatic heterocycles. The molecule has 2 aromatic rings. The van der Waals surface area contributed by atoms with Crippen molar-refractivity contribution in [2.24, 2.45) is 0 Å². The Balaban J connectivity index is 1.81. The second kappa shape index (κ2) is 4.88. The number of H-pyrrole nitrogens is 1. The van der Waals surface area contributed by atoms with Gasteiger partial charge in [0.25, 0.3) is 5.56 Å². The minimum atomic E-state index is -0.108. The van der Waals surface area contributed by atoms with E-state index in [0.717, 1.165) is 19.5 Å². The van der Waals surface area contributed by atoms with Crippen molar-refractivity contribution in [2.75, 3.05) is 13.1 Å². The molecule has 5 heteroatoms. The second-order valence-electron chi connectivity index (χ2n) is 4.46. The van der Waals surface area contributed by atoms with Gasteiger partial charge in [-0.05, 0) is 25.1 Å². The highest BCUT2D eigenvalue weighted by Crippen LogP contribution is 2.08. The van der Waals surface area contributed by atoms with Crippen LogP contribution in [0.3, 0.4) is 0 Å². The second-order valence-corrected chi connectivity index (χ2v) is 4.46. The summed E-state index contributed by atoms with van der Waals surface area (Å²) in [7, 11) is 0. The van der Waals surface area contributed by atoms with E-state index in [9.17, 15) is 4.79 Å². The molecular formula is C13H15N3O2. The van der Waals surface area contributed by atoms with Gasteiger partial charge in [0.15, 0.2) is 0 Å². The number of hydrogen-bond acceptors (Lipinski definition) is 4. The Hall–Kier alpha value is -1.72. The van der Waals surface area contributed by atoms with E-state index in [1.165, 1.54) is 0 Å². The van der Waals surface area contributed by atoms with Crippen molar-refractivity contribution in [3.05, 3.63) is 40.4 Å². The molecule has 2 N–H and O–H groups in total. The van der Waals surface area contributed by atoms with Crippen LogP contribution in [0.1, 0.15) is 12.2 Å². The van der Waals surface area contributed by atoms with Crippen molar-refractivity contribution in [1.29, 1.82) is 0 Å². The molecule has 1 atom stereocenters. The average Bonchev–Trinajstić information content (AvgIpc) is 2.90. The minimum absolute atomic E-state index is 0.108. The number of benzene rings is 1. The van der Waals surface area contributed by atoms with Crippen molar-refractivity contribution in [2.45, 2.75) is 19.1 Å². The van der Waals surface area contributed by atoms with Crippen molar-refractivity contribution >= 4 is 10.9 Å². The summed E-state index contributed by atoms with van der Waals surface area (Å²) in [5.41, 5.74) is 0.605. The standard InChI is InChI=1S/C13H15N3O2/c17-13-10-3-1-2-4-11(10)15-12(16-13)8-18-9-5-6-14-7-9/h1-4,9,14H,5-8H2,(H,15,16,17)/t9-/m1/s1. The van der Waals surface area contributed by atoms with E-state index in [2.05, 4.69) is 15.3 Å². The SMILES string of the molecule is O=c1[nH]c(CO[C@@H]2CCNC2)nc2ccccc12. The molecule has 1 fully saturated rings. The molecular weight excluding hydrogens is 230 g/mol. The van der Waals surface area contributed by atoms with Gasteiger partial charge < -0.3 is 15.0 Å². The molecule has 1 saturated heterocycles. The number of aromatic nitrogens is 2. The monoisotopic (exact) mass is 245 g/mol. The maximum atomic E-state index is 11.8. The van der Waals surface area contributed by atoms with Crippen LogP contribution in [-0.4, -0.2) is 29.2 Å². The van der Waals surface area contributed by atoms with Crippen LogP contribution in [0.4, 0.5) is 0 Å². The third-order valence-corrected chi connectivity index (χ3v) is 3.13. The van der Waals surface area contributed by atoms with Crippen molar-refractivity contribution in [1.82, 2.24) is 15.3 Å². The zero-order valence-corrected chi connectivity index (χ0v) is 9.98. The van der Waals surface area contributed by atoms with Crippen LogP contribution in [-0.2, 0) is 11.3 Å². The Bertz CT molecular complexity index is 602. The lowest BCUT2D eigenvalue weighted by Crippen LogP contribution is -2.19. The third-order valence-electron chi connectivity index (χ3n) is 3.13. The largest absolute Gasteiger partial charge is 0.369 e. The average molecular weight is 245 g/mol. The summed E-state index contributed by atoms with van der Waals surface area (Å²) < 4.78 is 5.70. The van der Waals surface area contributed by atoms with Gasteiger partial charge in [0, 0.05) is 6.54 Å². The number of hydrogen-bond donors (Lipinski definition) is 2. The predicted molar refractivity (Wildman–Crippen MR) is 68.4 cm³/mol. The fourth-order valence-corrected chi connectivity index (χ4v) is 2.17. The zero-order chi connectivity index (χ0) is 12.4. The van der Waals surface area contributed by atoms with Gasteiger partial charge >= 0.3 is 0 Å². The summed E-state index contributed by atoms with van der Waals surface area (Å²) in [5, 5.41) is 3.85. The van der Waals surface area contributed by atoms with E-state index in [1.54, 1.807) is 6.07 Å². The number of nitrogens with zero attached hydrogens (tertiary/aromatic N) is 1. The summed E-state index contributed by atoms with van der Waals surface area (Å²) in [6, 6.07) is 7.32. The maximum absolute atomic E-state index is 11.8. The number of aromatic amines is 1. The lowest BCUT2D eigenvalue weighted by Gasteiger charge is -2.09. The van der Waals surface area contributed by atoms with Gasteiger partial charge in [0.1, 0.15) is 12.4 Å². The number of para-hydroxylation sites is 1. The van der Waals surface area contributed by atoms with E-state index < -0.39 is 0 Å². The molecule has 0 saturated carbocycles. The van der Waals surface area contributed by atoms with Crippen LogP contribution in [0.25, 0.3) is 10.9 Å². The van der Waals surface area contributed by atoms with Gasteiger partial charge in [0.05, 0.1) is 17.0 Å². The lowest BCUT2D eigenvalue weighted by molar-refractivity contribution is 0.0501. The predicted octanol–water partition coefficient (Wildman–Crippen LogP) is 0.802. The summed E-state index contributed by atoms with van der Waals surface area (Å²) in [4.78, 5) is 19.0. The zero-order valence-electron chi connectivity index (χ0n) is 9.98. The first-order valence-corrected chi connectivity index (χ1v) is 6.13. The molecule has 0 bridgehead atoms. The van der Waals surface area contributed by atoms with Crippen LogP contribution < -0.4 is 10.9 Å². The third kappa shape index (κ3) is 2.27. The van der Waals surface area contributed by atoms with Crippen LogP contribution in [0.15, 0.2) is 29.1 Å². The molecule has 1 aliphatic rings. The fraction of sp³-hybridized carbons (Fsp3) is 0.385. The Morgan fingerprint density at radius 1 is 1.39 bits per heavy atom. The lowest BCUT2D eigenvalue weighted by atomic mass is 10.2. The molecule has 3 rings (SSSR count). The van der Waals surface area contributed by atoms with Gasteiger partial charge in [-0.3, -0.25) is 4.79 Å². The van der Waals surface area contributed by atoms with Crippen LogP contribution in [0, 0.1) is 0 Å². The van der Waals surface area contributed by atoms with Crippen molar-refractivity contribution < 1.29 is 4.74 Å². The van der Waals surface area contributed by atoms with Crippen LogP contribution in [0.5, 0.6) is 0 Å². The minimum Gasteiger partial charge on any atom is -0.369 e. The van der Waals surface area contributed by atoms with Gasteiger partial charge in [-0.1, -0.05) is 12.1 Å². The topological polar surface area (TPSA) is 67.0 Å². The number of nitrogens with one attached hydrogen (secondary N) is 2. The quantitative estimate of drug-likeness (QED) is 0.839. The van der Waals surface area contributed by atoms with Crippen molar-refractivity contribution in [3.8, 4) is 0 Å². The van der Waals surface area contributed by atoms with E-state index >= 15 is 0 Å². The maximum Gasteiger partial charge on any atom is 0.258 e. The van der Waals surface area contributed by atoms with Gasteiger partial charge in [-0.25, -0.2) is 4.98 Å². The Kier molecular flexibility index (Phi) is 3.08. The van der Waals surface area contributed by atoms with Gasteiger partial charge in [0.2, 0.25) is 0 Å². The van der Waals surface area contributed by atoms with Gasteiger partial charge in [-0.15, -0.1) is 0 Å². The van der Waals surface area contributed by atoms with Crippen LogP contribution in [0.2, 0.25) is 0 Å². The summed E-state index contributed by atoms with van der Waals surface area (Å²) in [5.74, 6) is 0.589. The first kappa shape index (κ1) is 11.4. The molecule has 18 heavy (non-hydrogen) atoms. The molecule has 0 radical (unpaired) electrons. The van der Waals surface area contributed by atoms with E-state index in [-0.39, 0.29) is 11.7 Å².